The smallest absolute Gasteiger partial charge is 0.315 e. The molecule has 0 radical (unpaired) electrons. The van der Waals surface area contributed by atoms with E-state index in [-0.39, 0.29) is 0 Å². The lowest BCUT2D eigenvalue weighted by Crippen LogP contribution is -2.43. The lowest BCUT2D eigenvalue weighted by Gasteiger charge is -2.20. The van der Waals surface area contributed by atoms with Crippen molar-refractivity contribution in [1.82, 2.24) is 5.32 Å². The predicted molar refractivity (Wildman–Crippen MR) is 48.9 cm³/mol. The van der Waals surface area contributed by atoms with Gasteiger partial charge in [0.2, 0.25) is 5.91 Å². The van der Waals surface area contributed by atoms with Crippen molar-refractivity contribution >= 4 is 11.8 Å². The summed E-state index contributed by atoms with van der Waals surface area (Å²) in [5.74, 6) is -3.05. The Kier molecular flexibility index (Phi) is 6.73. The summed E-state index contributed by atoms with van der Waals surface area (Å²) in [4.78, 5) is 21.3. The number of rotatable bonds is 6. The van der Waals surface area contributed by atoms with Crippen LogP contribution >= 0.6 is 0 Å². The first-order valence-corrected chi connectivity index (χ1v) is 4.56. The summed E-state index contributed by atoms with van der Waals surface area (Å²) in [6.07, 6.45) is -9.53. The third-order valence-corrected chi connectivity index (χ3v) is 1.83. The summed E-state index contributed by atoms with van der Waals surface area (Å²) in [5, 5.41) is 36.9. The van der Waals surface area contributed by atoms with Gasteiger partial charge < -0.3 is 20.4 Å². The van der Waals surface area contributed by atoms with Crippen LogP contribution in [0.15, 0.2) is 0 Å². The Balaban J connectivity index is 4.16. The maximum Gasteiger partial charge on any atom is 0.315 e. The standard InChI is InChI=1S/C8H13F2NO6/c9-7(10)8(17)11-5(15)1-3(13)6(16)4(14)2-12/h3-4,6-7,12-14,16H,1-2H2,(H,11,15,17)/t3-,4-,6-/m1/s1. The van der Waals surface area contributed by atoms with E-state index < -0.39 is 49.6 Å². The van der Waals surface area contributed by atoms with E-state index >= 15 is 0 Å². The molecule has 5 N–H and O–H groups in total. The monoisotopic (exact) mass is 257 g/mol. The molecule has 3 atom stereocenters. The molecule has 0 aliphatic carbocycles. The molecule has 0 aromatic heterocycles. The highest BCUT2D eigenvalue weighted by Gasteiger charge is 2.27. The predicted octanol–water partition coefficient (Wildman–Crippen LogP) is -2.64. The van der Waals surface area contributed by atoms with Crippen LogP contribution in [0.4, 0.5) is 8.78 Å². The van der Waals surface area contributed by atoms with Gasteiger partial charge >= 0.3 is 6.43 Å². The third kappa shape index (κ3) is 5.63. The fraction of sp³-hybridized carbons (Fsp3) is 0.750. The lowest BCUT2D eigenvalue weighted by molar-refractivity contribution is -0.140. The minimum absolute atomic E-state index is 0.851. The Morgan fingerprint density at radius 3 is 2.06 bits per heavy atom. The van der Waals surface area contributed by atoms with Crippen molar-refractivity contribution in [3.05, 3.63) is 0 Å². The van der Waals surface area contributed by atoms with Crippen LogP contribution in [0.1, 0.15) is 6.42 Å². The summed E-state index contributed by atoms with van der Waals surface area (Å²) in [7, 11) is 0. The fourth-order valence-corrected chi connectivity index (χ4v) is 0.918. The molecule has 0 aromatic carbocycles. The number of hydrogen-bond acceptors (Lipinski definition) is 6. The number of halogens is 2. The third-order valence-electron chi connectivity index (χ3n) is 1.83. The van der Waals surface area contributed by atoms with E-state index in [1.807, 2.05) is 0 Å². The molecule has 0 aromatic rings. The van der Waals surface area contributed by atoms with Gasteiger partial charge in [-0.25, -0.2) is 0 Å². The minimum Gasteiger partial charge on any atom is -0.394 e. The normalized spacial score (nSPS) is 16.4. The number of alkyl halides is 2. The number of hydrogen-bond donors (Lipinski definition) is 5. The second-order valence-electron chi connectivity index (χ2n) is 3.23. The maximum atomic E-state index is 11.7. The number of carbonyl (C=O) groups is 2. The summed E-state index contributed by atoms with van der Waals surface area (Å²) in [6.45, 7) is -0.851. The number of aliphatic hydroxyl groups excluding tert-OH is 4. The van der Waals surface area contributed by atoms with Crippen LogP contribution in [-0.2, 0) is 9.59 Å². The summed E-state index contributed by atoms with van der Waals surface area (Å²) < 4.78 is 23.4. The van der Waals surface area contributed by atoms with E-state index in [0.717, 1.165) is 0 Å². The van der Waals surface area contributed by atoms with Crippen molar-refractivity contribution in [2.75, 3.05) is 6.61 Å². The van der Waals surface area contributed by atoms with Crippen molar-refractivity contribution in [1.29, 1.82) is 0 Å². The first-order valence-electron chi connectivity index (χ1n) is 4.56. The highest BCUT2D eigenvalue weighted by molar-refractivity contribution is 5.96. The van der Waals surface area contributed by atoms with Crippen molar-refractivity contribution in [2.24, 2.45) is 0 Å². The van der Waals surface area contributed by atoms with Crippen LogP contribution in [0.3, 0.4) is 0 Å². The van der Waals surface area contributed by atoms with Gasteiger partial charge in [-0.15, -0.1) is 0 Å². The Labute approximate surface area is 94.7 Å². The Bertz CT molecular complexity index is 275. The summed E-state index contributed by atoms with van der Waals surface area (Å²) >= 11 is 0. The number of aliphatic hydroxyl groups is 4. The van der Waals surface area contributed by atoms with Gasteiger partial charge in [-0.2, -0.15) is 8.78 Å². The van der Waals surface area contributed by atoms with Gasteiger partial charge in [0.15, 0.2) is 0 Å². The van der Waals surface area contributed by atoms with Gasteiger partial charge in [0, 0.05) is 0 Å². The van der Waals surface area contributed by atoms with Crippen LogP contribution in [0.25, 0.3) is 0 Å². The Hall–Kier alpha value is -1.16. The van der Waals surface area contributed by atoms with E-state index in [1.54, 1.807) is 0 Å². The molecule has 17 heavy (non-hydrogen) atoms. The molecule has 0 saturated heterocycles. The van der Waals surface area contributed by atoms with Gasteiger partial charge in [-0.3, -0.25) is 14.9 Å². The highest BCUT2D eigenvalue weighted by atomic mass is 19.3. The molecule has 0 aliphatic heterocycles. The van der Waals surface area contributed by atoms with Crippen LogP contribution in [0, 0.1) is 0 Å². The van der Waals surface area contributed by atoms with Gasteiger partial charge in [0.05, 0.1) is 19.1 Å². The van der Waals surface area contributed by atoms with Crippen molar-refractivity contribution in [3.63, 3.8) is 0 Å². The fourth-order valence-electron chi connectivity index (χ4n) is 0.918. The molecule has 0 fully saturated rings. The van der Waals surface area contributed by atoms with E-state index in [2.05, 4.69) is 0 Å². The van der Waals surface area contributed by atoms with E-state index in [0.29, 0.717) is 0 Å². The molecule has 2 amide bonds. The SMILES string of the molecule is O=C(C[C@@H](O)[C@@H](O)[C@H](O)CO)NC(=O)C(F)F. The van der Waals surface area contributed by atoms with Crippen LogP contribution in [0.2, 0.25) is 0 Å². The van der Waals surface area contributed by atoms with E-state index in [1.165, 1.54) is 5.32 Å². The molecule has 9 heteroatoms. The average molecular weight is 257 g/mol. The van der Waals surface area contributed by atoms with Crippen molar-refractivity contribution in [2.45, 2.75) is 31.2 Å². The van der Waals surface area contributed by atoms with Crippen LogP contribution in [-0.4, -0.2) is 63.6 Å². The molecule has 100 valence electrons. The first kappa shape index (κ1) is 15.8. The number of imide groups is 1. The minimum atomic E-state index is -3.37. The molecule has 0 aliphatic rings. The van der Waals surface area contributed by atoms with Crippen molar-refractivity contribution < 1.29 is 38.8 Å². The molecule has 0 heterocycles. The average Bonchev–Trinajstić information content (AvgIpc) is 2.26. The molecule has 0 rings (SSSR count). The summed E-state index contributed by atoms with van der Waals surface area (Å²) in [5.41, 5.74) is 0. The first-order chi connectivity index (χ1) is 7.79. The van der Waals surface area contributed by atoms with Gasteiger partial charge in [0.25, 0.3) is 5.91 Å². The second kappa shape index (κ2) is 7.22. The van der Waals surface area contributed by atoms with E-state index in [9.17, 15) is 18.4 Å². The molecule has 0 saturated carbocycles. The molecule has 0 spiro atoms. The topological polar surface area (TPSA) is 127 Å². The van der Waals surface area contributed by atoms with Crippen molar-refractivity contribution in [3.8, 4) is 0 Å². The number of amides is 2. The highest BCUT2D eigenvalue weighted by Crippen LogP contribution is 2.04. The molecular weight excluding hydrogens is 244 g/mol. The van der Waals surface area contributed by atoms with Gasteiger partial charge in [-0.05, 0) is 0 Å². The largest absolute Gasteiger partial charge is 0.394 e. The second-order valence-corrected chi connectivity index (χ2v) is 3.23. The quantitative estimate of drug-likeness (QED) is 0.354. The Morgan fingerprint density at radius 1 is 1.12 bits per heavy atom. The zero-order valence-corrected chi connectivity index (χ0v) is 8.58. The number of nitrogens with one attached hydrogen (secondary N) is 1. The maximum absolute atomic E-state index is 11.7. The zero-order chi connectivity index (χ0) is 13.6. The van der Waals surface area contributed by atoms with E-state index in [4.69, 9.17) is 20.4 Å². The molecule has 7 nitrogen and oxygen atoms in total. The van der Waals surface area contributed by atoms with Crippen LogP contribution < -0.4 is 5.32 Å². The van der Waals surface area contributed by atoms with Gasteiger partial charge in [0.1, 0.15) is 12.2 Å². The van der Waals surface area contributed by atoms with Crippen LogP contribution in [0.5, 0.6) is 0 Å². The molecular formula is C8H13F2NO6. The zero-order valence-electron chi connectivity index (χ0n) is 8.58. The summed E-state index contributed by atoms with van der Waals surface area (Å²) in [6, 6.07) is 0. The lowest BCUT2D eigenvalue weighted by atomic mass is 10.1. The molecule has 0 unspecified atom stereocenters. The number of carbonyl (C=O) groups excluding carboxylic acids is 2. The Morgan fingerprint density at radius 2 is 1.65 bits per heavy atom. The van der Waals surface area contributed by atoms with Gasteiger partial charge in [-0.1, -0.05) is 0 Å². The molecule has 0 bridgehead atoms.